The molecule has 7 rings (SSSR count). The second-order valence-electron chi connectivity index (χ2n) is 12.4. The predicted molar refractivity (Wildman–Crippen MR) is 189 cm³/mol. The van der Waals surface area contributed by atoms with Gasteiger partial charge < -0.3 is 29.8 Å². The van der Waals surface area contributed by atoms with Crippen LogP contribution < -0.4 is 15.4 Å². The number of aldehydes is 1. The number of H-pyrrole nitrogens is 1. The van der Waals surface area contributed by atoms with Crippen LogP contribution in [-0.2, 0) is 11.8 Å². The summed E-state index contributed by atoms with van der Waals surface area (Å²) in [7, 11) is 1.67. The lowest BCUT2D eigenvalue weighted by atomic mass is 10.1. The van der Waals surface area contributed by atoms with Crippen LogP contribution in [0.15, 0.2) is 77.9 Å². The Kier molecular flexibility index (Phi) is 8.54. The van der Waals surface area contributed by atoms with Gasteiger partial charge in [-0.25, -0.2) is 9.97 Å². The van der Waals surface area contributed by atoms with Gasteiger partial charge in [0.1, 0.15) is 17.9 Å². The molecule has 0 bridgehead atoms. The van der Waals surface area contributed by atoms with E-state index in [-0.39, 0.29) is 42.5 Å². The molecule has 1 fully saturated rings. The molecule has 2 aliphatic heterocycles. The first-order chi connectivity index (χ1) is 24.1. The standard InChI is InChI=1S/C37H34N8O5/c1-21-13-26-17-38-29-16-31(22(2)14-27(29)37(49)45(26)18-21)50-12-4-5-33(47)42-32-19-44(3)35(43-32)36(48)39-25-9-7-24(8-10-25)34-40-28-11-6-23(20-46)15-30(28)41-34/h6-11,14-17,19-20,26H,1,4-5,12-13,18H2,2-3H3,(H,39,48)(H,40,41)(H,42,47). The Morgan fingerprint density at radius 3 is 2.72 bits per heavy atom. The third-order valence-corrected chi connectivity index (χ3v) is 8.67. The highest BCUT2D eigenvalue weighted by molar-refractivity contribution is 6.04. The molecule has 3 N–H and O–H groups in total. The van der Waals surface area contributed by atoms with Crippen LogP contribution in [0, 0.1) is 6.92 Å². The van der Waals surface area contributed by atoms with E-state index in [0.29, 0.717) is 53.5 Å². The molecule has 2 aliphatic rings. The minimum atomic E-state index is -0.438. The first-order valence-corrected chi connectivity index (χ1v) is 16.1. The highest BCUT2D eigenvalue weighted by Gasteiger charge is 2.33. The predicted octanol–water partition coefficient (Wildman–Crippen LogP) is 5.62. The van der Waals surface area contributed by atoms with E-state index >= 15 is 0 Å². The normalized spacial score (nSPS) is 15.1. The molecule has 252 valence electrons. The highest BCUT2D eigenvalue weighted by atomic mass is 16.5. The number of aliphatic imine (C=N–C) groups is 1. The smallest absolute Gasteiger partial charge is 0.291 e. The summed E-state index contributed by atoms with van der Waals surface area (Å²) < 4.78 is 7.52. The number of rotatable bonds is 10. The number of ether oxygens (including phenoxy) is 1. The number of nitrogens with zero attached hydrogens (tertiary/aromatic N) is 5. The number of nitrogens with one attached hydrogen (secondary N) is 3. The van der Waals surface area contributed by atoms with Crippen molar-refractivity contribution in [3.05, 3.63) is 95.5 Å². The summed E-state index contributed by atoms with van der Waals surface area (Å²) in [6.07, 6.45) is 5.49. The SMILES string of the molecule is C=C1CC2C=Nc3cc(OCCCC(=O)Nc4cn(C)c(C(=O)Nc5ccc(-c6nc7ccc(C=O)cc7[nH]6)cc5)n4)c(C)cc3C(=O)N2C1. The van der Waals surface area contributed by atoms with E-state index in [1.807, 2.05) is 19.1 Å². The van der Waals surface area contributed by atoms with Crippen molar-refractivity contribution in [1.29, 1.82) is 0 Å². The fraction of sp³-hybridized carbons (Fsp3) is 0.216. The molecule has 2 aromatic heterocycles. The van der Waals surface area contributed by atoms with E-state index in [2.05, 4.69) is 37.2 Å². The van der Waals surface area contributed by atoms with Gasteiger partial charge in [-0.05, 0) is 73.9 Å². The van der Waals surface area contributed by atoms with Gasteiger partial charge in [0.15, 0.2) is 5.82 Å². The molecule has 5 aromatic rings. The maximum Gasteiger partial charge on any atom is 0.291 e. The number of carbonyl (C=O) groups excluding carboxylic acids is 4. The number of aryl methyl sites for hydroxylation is 2. The number of hydrogen-bond acceptors (Lipinski definition) is 8. The first kappa shape index (κ1) is 32.2. The summed E-state index contributed by atoms with van der Waals surface area (Å²) in [5.74, 6) is 0.871. The molecule has 13 heteroatoms. The Labute approximate surface area is 287 Å². The molecule has 0 spiro atoms. The van der Waals surface area contributed by atoms with Crippen LogP contribution in [-0.4, -0.2) is 73.8 Å². The van der Waals surface area contributed by atoms with Gasteiger partial charge in [-0.15, -0.1) is 0 Å². The zero-order valence-electron chi connectivity index (χ0n) is 27.5. The fourth-order valence-electron chi connectivity index (χ4n) is 6.11. The monoisotopic (exact) mass is 670 g/mol. The third-order valence-electron chi connectivity index (χ3n) is 8.67. The van der Waals surface area contributed by atoms with Gasteiger partial charge in [-0.1, -0.05) is 12.2 Å². The number of benzene rings is 3. The van der Waals surface area contributed by atoms with Crippen molar-refractivity contribution in [2.75, 3.05) is 23.8 Å². The van der Waals surface area contributed by atoms with Crippen molar-refractivity contribution in [2.24, 2.45) is 12.0 Å². The summed E-state index contributed by atoms with van der Waals surface area (Å²) >= 11 is 0. The number of aromatic amines is 1. The molecule has 0 saturated carbocycles. The maximum absolute atomic E-state index is 13.1. The van der Waals surface area contributed by atoms with Gasteiger partial charge in [0.25, 0.3) is 11.8 Å². The van der Waals surface area contributed by atoms with Crippen LogP contribution in [0.4, 0.5) is 17.2 Å². The zero-order valence-corrected chi connectivity index (χ0v) is 27.5. The molecule has 0 radical (unpaired) electrons. The van der Waals surface area contributed by atoms with E-state index < -0.39 is 5.91 Å². The van der Waals surface area contributed by atoms with Crippen LogP contribution in [0.1, 0.15) is 56.2 Å². The average Bonchev–Trinajstić information content (AvgIpc) is 3.79. The second kappa shape index (κ2) is 13.3. The van der Waals surface area contributed by atoms with Crippen LogP contribution in [0.25, 0.3) is 22.4 Å². The van der Waals surface area contributed by atoms with Crippen molar-refractivity contribution in [2.45, 2.75) is 32.2 Å². The molecule has 0 aliphatic carbocycles. The minimum absolute atomic E-state index is 0.0616. The number of fused-ring (bicyclic) bond motifs is 3. The van der Waals surface area contributed by atoms with E-state index in [1.165, 1.54) is 0 Å². The largest absolute Gasteiger partial charge is 0.493 e. The minimum Gasteiger partial charge on any atom is -0.493 e. The third kappa shape index (κ3) is 6.52. The fourth-order valence-corrected chi connectivity index (χ4v) is 6.11. The molecular formula is C37H34N8O5. The Morgan fingerprint density at radius 2 is 1.92 bits per heavy atom. The Balaban J connectivity index is 0.904. The van der Waals surface area contributed by atoms with Crippen LogP contribution in [0.3, 0.4) is 0 Å². The first-order valence-electron chi connectivity index (χ1n) is 16.1. The number of anilines is 2. The molecule has 3 amide bonds. The van der Waals surface area contributed by atoms with E-state index in [4.69, 9.17) is 4.74 Å². The van der Waals surface area contributed by atoms with Crippen molar-refractivity contribution >= 4 is 58.4 Å². The molecule has 4 heterocycles. The van der Waals surface area contributed by atoms with Crippen LogP contribution in [0.5, 0.6) is 5.75 Å². The topological polar surface area (TPSA) is 164 Å². The molecule has 3 aromatic carbocycles. The lowest BCUT2D eigenvalue weighted by molar-refractivity contribution is -0.116. The summed E-state index contributed by atoms with van der Waals surface area (Å²) in [5, 5.41) is 5.58. The van der Waals surface area contributed by atoms with E-state index in [0.717, 1.165) is 34.0 Å². The van der Waals surface area contributed by atoms with Gasteiger partial charge >= 0.3 is 0 Å². The molecule has 1 saturated heterocycles. The zero-order chi connectivity index (χ0) is 34.9. The highest BCUT2D eigenvalue weighted by Crippen LogP contribution is 2.35. The van der Waals surface area contributed by atoms with Crippen LogP contribution >= 0.6 is 0 Å². The van der Waals surface area contributed by atoms with Crippen molar-refractivity contribution < 1.29 is 23.9 Å². The van der Waals surface area contributed by atoms with Gasteiger partial charge in [-0.3, -0.25) is 24.2 Å². The average molecular weight is 671 g/mol. The lowest BCUT2D eigenvalue weighted by Crippen LogP contribution is -2.35. The van der Waals surface area contributed by atoms with Crippen molar-refractivity contribution in [3.63, 3.8) is 0 Å². The molecule has 50 heavy (non-hydrogen) atoms. The summed E-state index contributed by atoms with van der Waals surface area (Å²) in [6.45, 7) is 6.72. The van der Waals surface area contributed by atoms with Crippen LogP contribution in [0.2, 0.25) is 0 Å². The summed E-state index contributed by atoms with van der Waals surface area (Å²) in [6, 6.07) is 15.9. The Morgan fingerprint density at radius 1 is 1.10 bits per heavy atom. The molecular weight excluding hydrogens is 636 g/mol. The van der Waals surface area contributed by atoms with Crippen molar-refractivity contribution in [3.8, 4) is 17.1 Å². The van der Waals surface area contributed by atoms with Crippen molar-refractivity contribution in [1.82, 2.24) is 24.4 Å². The van der Waals surface area contributed by atoms with Gasteiger partial charge in [-0.2, -0.15) is 0 Å². The quantitative estimate of drug-likeness (QED) is 0.0986. The Bertz CT molecular complexity index is 2210. The molecule has 1 atom stereocenters. The molecule has 1 unspecified atom stereocenters. The lowest BCUT2D eigenvalue weighted by Gasteiger charge is -2.20. The Hall–Kier alpha value is -6.37. The van der Waals surface area contributed by atoms with Gasteiger partial charge in [0.05, 0.1) is 34.9 Å². The van der Waals surface area contributed by atoms with Gasteiger partial charge in [0, 0.05) is 55.3 Å². The summed E-state index contributed by atoms with van der Waals surface area (Å²) in [5.41, 5.74) is 6.36. The second-order valence-corrected chi connectivity index (χ2v) is 12.4. The van der Waals surface area contributed by atoms with Gasteiger partial charge in [0.2, 0.25) is 11.7 Å². The maximum atomic E-state index is 13.1. The number of carbonyl (C=O) groups is 4. The summed E-state index contributed by atoms with van der Waals surface area (Å²) in [4.78, 5) is 68.4. The number of imidazole rings is 2. The number of hydrogen-bond donors (Lipinski definition) is 3. The number of aromatic nitrogens is 4. The number of amides is 3. The van der Waals surface area contributed by atoms with E-state index in [1.54, 1.807) is 71.4 Å². The molecule has 13 nitrogen and oxygen atoms in total. The van der Waals surface area contributed by atoms with E-state index in [9.17, 15) is 19.2 Å².